The van der Waals surface area contributed by atoms with E-state index in [1.54, 1.807) is 13.2 Å². The van der Waals surface area contributed by atoms with Crippen LogP contribution < -0.4 is 5.73 Å². The van der Waals surface area contributed by atoms with Crippen molar-refractivity contribution < 1.29 is 4.79 Å². The first-order valence-electron chi connectivity index (χ1n) is 6.02. The number of carbonyl (C=O) groups excluding carboxylic acids is 1. The van der Waals surface area contributed by atoms with Gasteiger partial charge in [0.2, 0.25) is 0 Å². The molecule has 0 saturated carbocycles. The molecule has 2 heterocycles. The number of carbonyl (C=O) groups is 1. The Morgan fingerprint density at radius 1 is 1.59 bits per heavy atom. The molecule has 6 heteroatoms. The van der Waals surface area contributed by atoms with Crippen LogP contribution in [-0.4, -0.2) is 44.4 Å². The van der Waals surface area contributed by atoms with Crippen molar-refractivity contribution in [2.45, 2.75) is 38.3 Å². The maximum atomic E-state index is 12.3. The highest BCUT2D eigenvalue weighted by molar-refractivity contribution is 5.92. The van der Waals surface area contributed by atoms with Crippen molar-refractivity contribution >= 4 is 5.91 Å². The van der Waals surface area contributed by atoms with E-state index in [-0.39, 0.29) is 18.0 Å². The Balaban J connectivity index is 2.16. The molecule has 0 spiro atoms. The summed E-state index contributed by atoms with van der Waals surface area (Å²) in [5, 5.41) is 7.66. The van der Waals surface area contributed by atoms with Crippen LogP contribution in [0.1, 0.15) is 36.7 Å². The van der Waals surface area contributed by atoms with Crippen LogP contribution in [-0.2, 0) is 7.05 Å². The molecule has 1 saturated heterocycles. The molecule has 0 bridgehead atoms. The summed E-state index contributed by atoms with van der Waals surface area (Å²) < 4.78 is 1.54. The number of aryl methyl sites for hydroxylation is 1. The second kappa shape index (κ2) is 4.83. The molecule has 6 nitrogen and oxygen atoms in total. The first kappa shape index (κ1) is 12.0. The van der Waals surface area contributed by atoms with Gasteiger partial charge in [0.15, 0.2) is 5.69 Å². The third-order valence-electron chi connectivity index (χ3n) is 3.24. The number of hydrogen-bond acceptors (Lipinski definition) is 4. The Morgan fingerprint density at radius 3 is 2.94 bits per heavy atom. The van der Waals surface area contributed by atoms with E-state index >= 15 is 0 Å². The molecule has 1 aliphatic rings. The van der Waals surface area contributed by atoms with Gasteiger partial charge in [0.25, 0.3) is 5.91 Å². The molecule has 2 unspecified atom stereocenters. The van der Waals surface area contributed by atoms with E-state index < -0.39 is 0 Å². The van der Waals surface area contributed by atoms with Gasteiger partial charge < -0.3 is 10.6 Å². The molecule has 0 aromatic carbocycles. The first-order valence-corrected chi connectivity index (χ1v) is 6.02. The third kappa shape index (κ3) is 2.46. The number of nitrogens with zero attached hydrogens (tertiary/aromatic N) is 4. The Hall–Kier alpha value is -1.43. The minimum atomic E-state index is -0.0555. The van der Waals surface area contributed by atoms with Gasteiger partial charge in [0.1, 0.15) is 0 Å². The minimum Gasteiger partial charge on any atom is -0.333 e. The summed E-state index contributed by atoms with van der Waals surface area (Å²) in [7, 11) is 1.75. The standard InChI is InChI=1S/C11H19N5O/c1-8(12)10-5-3-4-6-16(10)11(17)9-7-15(2)14-13-9/h7-8,10H,3-6,12H2,1-2H3. The van der Waals surface area contributed by atoms with E-state index in [2.05, 4.69) is 10.3 Å². The van der Waals surface area contributed by atoms with Crippen LogP contribution in [0.25, 0.3) is 0 Å². The quantitative estimate of drug-likeness (QED) is 0.794. The maximum absolute atomic E-state index is 12.3. The summed E-state index contributed by atoms with van der Waals surface area (Å²) in [6.45, 7) is 2.72. The van der Waals surface area contributed by atoms with Crippen LogP contribution in [0.15, 0.2) is 6.20 Å². The second-order valence-corrected chi connectivity index (χ2v) is 4.70. The van der Waals surface area contributed by atoms with Crippen molar-refractivity contribution in [1.82, 2.24) is 19.9 Å². The number of rotatable bonds is 2. The Bertz CT molecular complexity index is 400. The summed E-state index contributed by atoms with van der Waals surface area (Å²) in [4.78, 5) is 14.1. The molecular formula is C11H19N5O. The molecule has 1 aromatic heterocycles. The van der Waals surface area contributed by atoms with E-state index in [4.69, 9.17) is 5.73 Å². The van der Waals surface area contributed by atoms with Crippen LogP contribution >= 0.6 is 0 Å². The summed E-state index contributed by atoms with van der Waals surface area (Å²) in [5.41, 5.74) is 6.35. The molecule has 2 rings (SSSR count). The van der Waals surface area contributed by atoms with Gasteiger partial charge >= 0.3 is 0 Å². The molecule has 0 radical (unpaired) electrons. The highest BCUT2D eigenvalue weighted by Crippen LogP contribution is 2.20. The Labute approximate surface area is 101 Å². The van der Waals surface area contributed by atoms with E-state index in [0.717, 1.165) is 25.8 Å². The minimum absolute atomic E-state index is 0.00378. The molecule has 0 aliphatic carbocycles. The van der Waals surface area contributed by atoms with Crippen molar-refractivity contribution in [2.24, 2.45) is 12.8 Å². The van der Waals surface area contributed by atoms with Gasteiger partial charge in [-0.15, -0.1) is 5.10 Å². The number of nitrogens with two attached hydrogens (primary N) is 1. The fourth-order valence-corrected chi connectivity index (χ4v) is 2.35. The van der Waals surface area contributed by atoms with Crippen LogP contribution in [0, 0.1) is 0 Å². The summed E-state index contributed by atoms with van der Waals surface area (Å²) >= 11 is 0. The predicted octanol–water partition coefficient (Wildman–Crippen LogP) is 0.157. The zero-order valence-corrected chi connectivity index (χ0v) is 10.3. The molecule has 1 fully saturated rings. The number of piperidine rings is 1. The predicted molar refractivity (Wildman–Crippen MR) is 63.3 cm³/mol. The molecule has 2 atom stereocenters. The normalized spacial score (nSPS) is 22.5. The lowest BCUT2D eigenvalue weighted by Gasteiger charge is -2.37. The zero-order valence-electron chi connectivity index (χ0n) is 10.3. The average molecular weight is 237 g/mol. The molecular weight excluding hydrogens is 218 g/mol. The topological polar surface area (TPSA) is 77.0 Å². The van der Waals surface area contributed by atoms with Gasteiger partial charge in [-0.05, 0) is 26.2 Å². The van der Waals surface area contributed by atoms with Gasteiger partial charge in [0, 0.05) is 25.7 Å². The highest BCUT2D eigenvalue weighted by atomic mass is 16.2. The van der Waals surface area contributed by atoms with E-state index in [9.17, 15) is 4.79 Å². The summed E-state index contributed by atoms with van der Waals surface area (Å²) in [6, 6.07) is 0.120. The fraction of sp³-hybridized carbons (Fsp3) is 0.727. The van der Waals surface area contributed by atoms with Crippen LogP contribution in [0.4, 0.5) is 0 Å². The van der Waals surface area contributed by atoms with Crippen molar-refractivity contribution in [2.75, 3.05) is 6.54 Å². The van der Waals surface area contributed by atoms with E-state index in [0.29, 0.717) is 5.69 Å². The molecule has 94 valence electrons. The second-order valence-electron chi connectivity index (χ2n) is 4.70. The lowest BCUT2D eigenvalue weighted by molar-refractivity contribution is 0.0577. The lowest BCUT2D eigenvalue weighted by Crippen LogP contribution is -2.51. The molecule has 1 aromatic rings. The van der Waals surface area contributed by atoms with Gasteiger partial charge in [-0.2, -0.15) is 0 Å². The Morgan fingerprint density at radius 2 is 2.35 bits per heavy atom. The summed E-state index contributed by atoms with van der Waals surface area (Å²) in [5.74, 6) is -0.0555. The molecule has 1 aliphatic heterocycles. The van der Waals surface area contributed by atoms with Crippen molar-refractivity contribution in [3.63, 3.8) is 0 Å². The van der Waals surface area contributed by atoms with Crippen LogP contribution in [0.2, 0.25) is 0 Å². The lowest BCUT2D eigenvalue weighted by atomic mass is 9.96. The fourth-order valence-electron chi connectivity index (χ4n) is 2.35. The van der Waals surface area contributed by atoms with Gasteiger partial charge in [-0.25, -0.2) is 0 Å². The molecule has 1 amide bonds. The van der Waals surface area contributed by atoms with Crippen molar-refractivity contribution in [3.8, 4) is 0 Å². The monoisotopic (exact) mass is 237 g/mol. The largest absolute Gasteiger partial charge is 0.333 e. The Kier molecular flexibility index (Phi) is 3.42. The van der Waals surface area contributed by atoms with E-state index in [1.807, 2.05) is 11.8 Å². The third-order valence-corrected chi connectivity index (χ3v) is 3.24. The number of aromatic nitrogens is 3. The average Bonchev–Trinajstić information content (AvgIpc) is 2.75. The smallest absolute Gasteiger partial charge is 0.276 e. The number of hydrogen-bond donors (Lipinski definition) is 1. The number of amides is 1. The first-order chi connectivity index (χ1) is 8.09. The van der Waals surface area contributed by atoms with Gasteiger partial charge in [-0.3, -0.25) is 9.48 Å². The molecule has 17 heavy (non-hydrogen) atoms. The van der Waals surface area contributed by atoms with E-state index in [1.165, 1.54) is 4.68 Å². The maximum Gasteiger partial charge on any atom is 0.276 e. The SMILES string of the molecule is CC(N)C1CCCCN1C(=O)c1cn(C)nn1. The van der Waals surface area contributed by atoms with Gasteiger partial charge in [-0.1, -0.05) is 5.21 Å². The van der Waals surface area contributed by atoms with Crippen LogP contribution in [0.5, 0.6) is 0 Å². The highest BCUT2D eigenvalue weighted by Gasteiger charge is 2.30. The summed E-state index contributed by atoms with van der Waals surface area (Å²) in [6.07, 6.45) is 4.80. The van der Waals surface area contributed by atoms with Crippen LogP contribution in [0.3, 0.4) is 0 Å². The van der Waals surface area contributed by atoms with Crippen molar-refractivity contribution in [3.05, 3.63) is 11.9 Å². The van der Waals surface area contributed by atoms with Gasteiger partial charge in [0.05, 0.1) is 6.20 Å². The van der Waals surface area contributed by atoms with Crippen molar-refractivity contribution in [1.29, 1.82) is 0 Å². The number of likely N-dealkylation sites (tertiary alicyclic amines) is 1. The zero-order chi connectivity index (χ0) is 12.4. The molecule has 2 N–H and O–H groups in total.